The first kappa shape index (κ1) is 23.7. The Morgan fingerprint density at radius 1 is 1.09 bits per heavy atom. The fourth-order valence-corrected chi connectivity index (χ4v) is 4.15. The van der Waals surface area contributed by atoms with Crippen LogP contribution in [0.2, 0.25) is 0 Å². The number of carbonyl (C=O) groups is 1. The molecule has 0 bridgehead atoms. The number of fused-ring (bicyclic) bond motifs is 1. The third-order valence-corrected chi connectivity index (χ3v) is 5.86. The molecule has 32 heavy (non-hydrogen) atoms. The predicted octanol–water partition coefficient (Wildman–Crippen LogP) is 6.05. The SMILES string of the molecule is CNc1cc2nc(C)c(-c3ccc(F)c(NC(=O)NC4CCCCCC4)c3)cc2cn1.Cl. The van der Waals surface area contributed by atoms with Crippen LogP contribution in [-0.2, 0) is 0 Å². The molecule has 2 heterocycles. The van der Waals surface area contributed by atoms with Gasteiger partial charge in [0.05, 0.1) is 11.2 Å². The van der Waals surface area contributed by atoms with Crippen molar-refractivity contribution in [2.75, 3.05) is 17.7 Å². The molecule has 170 valence electrons. The lowest BCUT2D eigenvalue weighted by Crippen LogP contribution is -2.37. The second kappa shape index (κ2) is 10.6. The van der Waals surface area contributed by atoms with Crippen molar-refractivity contribution in [3.8, 4) is 11.1 Å². The molecule has 0 unspecified atom stereocenters. The number of pyridine rings is 2. The van der Waals surface area contributed by atoms with Gasteiger partial charge in [-0.05, 0) is 43.5 Å². The Morgan fingerprint density at radius 2 is 1.84 bits per heavy atom. The number of hydrogen-bond donors (Lipinski definition) is 3. The number of carbonyl (C=O) groups excluding carboxylic acids is 1. The summed E-state index contributed by atoms with van der Waals surface area (Å²) in [5, 5.41) is 9.59. The molecule has 0 radical (unpaired) electrons. The van der Waals surface area contributed by atoms with Crippen molar-refractivity contribution >= 4 is 40.8 Å². The molecule has 8 heteroatoms. The van der Waals surface area contributed by atoms with Gasteiger partial charge in [-0.25, -0.2) is 14.2 Å². The van der Waals surface area contributed by atoms with Crippen LogP contribution in [0.4, 0.5) is 20.7 Å². The molecule has 6 nitrogen and oxygen atoms in total. The summed E-state index contributed by atoms with van der Waals surface area (Å²) in [7, 11) is 1.81. The summed E-state index contributed by atoms with van der Waals surface area (Å²) < 4.78 is 14.5. The Morgan fingerprint density at radius 3 is 2.56 bits per heavy atom. The average Bonchev–Trinajstić information content (AvgIpc) is 3.03. The molecule has 3 N–H and O–H groups in total. The topological polar surface area (TPSA) is 78.9 Å². The van der Waals surface area contributed by atoms with Crippen LogP contribution in [0, 0.1) is 12.7 Å². The zero-order chi connectivity index (χ0) is 21.8. The number of aromatic nitrogens is 2. The molecule has 1 aromatic carbocycles. The van der Waals surface area contributed by atoms with Gasteiger partial charge in [-0.3, -0.25) is 4.98 Å². The number of halogens is 2. The maximum absolute atomic E-state index is 14.5. The zero-order valence-electron chi connectivity index (χ0n) is 18.4. The fraction of sp³-hybridized carbons (Fsp3) is 0.375. The standard InChI is InChI=1S/C24H28FN5O.ClH/c1-15-19(11-17-14-27-23(26-2)13-21(17)28-15)16-9-10-20(25)22(12-16)30-24(31)29-18-7-5-3-4-6-8-18;/h9-14,18H,3-8H2,1-2H3,(H,26,27)(H2,29,30,31);1H. The number of rotatable bonds is 4. The summed E-state index contributed by atoms with van der Waals surface area (Å²) >= 11 is 0. The van der Waals surface area contributed by atoms with Gasteiger partial charge in [-0.2, -0.15) is 0 Å². The molecule has 1 fully saturated rings. The van der Waals surface area contributed by atoms with Crippen molar-refractivity contribution in [2.45, 2.75) is 51.5 Å². The molecule has 1 aliphatic rings. The Hall–Kier alpha value is -2.93. The number of nitrogens with one attached hydrogen (secondary N) is 3. The van der Waals surface area contributed by atoms with Crippen LogP contribution in [0.3, 0.4) is 0 Å². The Labute approximate surface area is 193 Å². The molecule has 2 amide bonds. The van der Waals surface area contributed by atoms with Gasteiger partial charge < -0.3 is 16.0 Å². The first-order valence-electron chi connectivity index (χ1n) is 10.9. The minimum absolute atomic E-state index is 0. The number of aryl methyl sites for hydroxylation is 1. The van der Waals surface area contributed by atoms with Crippen molar-refractivity contribution in [2.24, 2.45) is 0 Å². The van der Waals surface area contributed by atoms with Gasteiger partial charge in [0.1, 0.15) is 11.6 Å². The smallest absolute Gasteiger partial charge is 0.319 e. The molecule has 0 spiro atoms. The third-order valence-electron chi connectivity index (χ3n) is 5.86. The molecule has 0 aliphatic heterocycles. The van der Waals surface area contributed by atoms with E-state index in [1.807, 2.05) is 26.1 Å². The molecule has 0 saturated heterocycles. The molecule has 1 saturated carbocycles. The second-order valence-electron chi connectivity index (χ2n) is 8.12. The number of anilines is 2. The minimum atomic E-state index is -0.466. The number of urea groups is 1. The van der Waals surface area contributed by atoms with Crippen molar-refractivity contribution in [3.05, 3.63) is 48.0 Å². The van der Waals surface area contributed by atoms with Crippen molar-refractivity contribution in [3.63, 3.8) is 0 Å². The highest BCUT2D eigenvalue weighted by molar-refractivity contribution is 5.91. The van der Waals surface area contributed by atoms with Crippen molar-refractivity contribution in [1.29, 1.82) is 0 Å². The lowest BCUT2D eigenvalue weighted by atomic mass is 10.0. The third kappa shape index (κ3) is 5.46. The Kier molecular flexibility index (Phi) is 7.85. The largest absolute Gasteiger partial charge is 0.373 e. The first-order valence-corrected chi connectivity index (χ1v) is 10.9. The summed E-state index contributed by atoms with van der Waals surface area (Å²) in [4.78, 5) is 21.5. The molecule has 0 atom stereocenters. The van der Waals surface area contributed by atoms with Crippen LogP contribution in [0.15, 0.2) is 36.5 Å². The Balaban J connectivity index is 0.00000289. The summed E-state index contributed by atoms with van der Waals surface area (Å²) in [5.41, 5.74) is 3.48. The molecule has 4 rings (SSSR count). The van der Waals surface area contributed by atoms with Gasteiger partial charge in [-0.15, -0.1) is 12.4 Å². The van der Waals surface area contributed by atoms with E-state index in [1.165, 1.54) is 18.9 Å². The highest BCUT2D eigenvalue weighted by Crippen LogP contribution is 2.30. The van der Waals surface area contributed by atoms with Gasteiger partial charge in [0, 0.05) is 42.0 Å². The van der Waals surface area contributed by atoms with E-state index in [4.69, 9.17) is 0 Å². The van der Waals surface area contributed by atoms with E-state index < -0.39 is 5.82 Å². The van der Waals surface area contributed by atoms with Crippen LogP contribution in [0.25, 0.3) is 22.0 Å². The average molecular weight is 458 g/mol. The van der Waals surface area contributed by atoms with E-state index in [0.717, 1.165) is 59.2 Å². The van der Waals surface area contributed by atoms with Gasteiger partial charge in [-0.1, -0.05) is 31.7 Å². The van der Waals surface area contributed by atoms with Gasteiger partial charge in [0.2, 0.25) is 0 Å². The monoisotopic (exact) mass is 457 g/mol. The van der Waals surface area contributed by atoms with Gasteiger partial charge in [0.15, 0.2) is 0 Å². The van der Waals surface area contributed by atoms with E-state index in [9.17, 15) is 9.18 Å². The van der Waals surface area contributed by atoms with Crippen LogP contribution < -0.4 is 16.0 Å². The maximum Gasteiger partial charge on any atom is 0.319 e. The minimum Gasteiger partial charge on any atom is -0.373 e. The van der Waals surface area contributed by atoms with Crippen LogP contribution in [0.5, 0.6) is 0 Å². The fourth-order valence-electron chi connectivity index (χ4n) is 4.15. The van der Waals surface area contributed by atoms with E-state index >= 15 is 0 Å². The maximum atomic E-state index is 14.5. The number of hydrogen-bond acceptors (Lipinski definition) is 4. The first-order chi connectivity index (χ1) is 15.0. The van der Waals surface area contributed by atoms with E-state index in [1.54, 1.807) is 18.3 Å². The number of amides is 2. The summed E-state index contributed by atoms with van der Waals surface area (Å²) in [6, 6.07) is 8.41. The number of nitrogens with zero attached hydrogens (tertiary/aromatic N) is 2. The highest BCUT2D eigenvalue weighted by atomic mass is 35.5. The summed E-state index contributed by atoms with van der Waals surface area (Å²) in [6.07, 6.45) is 8.37. The molecular weight excluding hydrogens is 429 g/mol. The quantitative estimate of drug-likeness (QED) is 0.416. The van der Waals surface area contributed by atoms with Crippen molar-refractivity contribution < 1.29 is 9.18 Å². The molecule has 2 aromatic heterocycles. The molecule has 3 aromatic rings. The zero-order valence-corrected chi connectivity index (χ0v) is 19.2. The lowest BCUT2D eigenvalue weighted by Gasteiger charge is -2.17. The number of benzene rings is 1. The molecular formula is C24H29ClFN5O. The van der Waals surface area contributed by atoms with E-state index in [2.05, 4.69) is 25.9 Å². The second-order valence-corrected chi connectivity index (χ2v) is 8.12. The Bertz CT molecular complexity index is 1100. The van der Waals surface area contributed by atoms with Crippen LogP contribution >= 0.6 is 12.4 Å². The van der Waals surface area contributed by atoms with Gasteiger partial charge >= 0.3 is 6.03 Å². The highest BCUT2D eigenvalue weighted by Gasteiger charge is 2.16. The van der Waals surface area contributed by atoms with E-state index in [0.29, 0.717) is 0 Å². The van der Waals surface area contributed by atoms with Crippen LogP contribution in [-0.4, -0.2) is 29.1 Å². The van der Waals surface area contributed by atoms with E-state index in [-0.39, 0.29) is 30.2 Å². The lowest BCUT2D eigenvalue weighted by molar-refractivity contribution is 0.247. The summed E-state index contributed by atoms with van der Waals surface area (Å²) in [6.45, 7) is 1.92. The normalized spacial score (nSPS) is 14.3. The summed E-state index contributed by atoms with van der Waals surface area (Å²) in [5.74, 6) is 0.284. The predicted molar refractivity (Wildman–Crippen MR) is 130 cm³/mol. The van der Waals surface area contributed by atoms with Gasteiger partial charge in [0.25, 0.3) is 0 Å². The van der Waals surface area contributed by atoms with Crippen molar-refractivity contribution in [1.82, 2.24) is 15.3 Å². The molecule has 1 aliphatic carbocycles. The van der Waals surface area contributed by atoms with Crippen LogP contribution in [0.1, 0.15) is 44.2 Å².